The lowest BCUT2D eigenvalue weighted by Gasteiger charge is -2.48. The Morgan fingerprint density at radius 1 is 0.949 bits per heavy atom. The van der Waals surface area contributed by atoms with E-state index in [1.165, 1.54) is 0 Å². The summed E-state index contributed by atoms with van der Waals surface area (Å²) >= 11 is 0. The molecular weight excluding hydrogens is 522 g/mol. The van der Waals surface area contributed by atoms with Crippen LogP contribution in [0.15, 0.2) is 0 Å². The van der Waals surface area contributed by atoms with Crippen LogP contribution in [-0.4, -0.2) is 131 Å². The topological polar surface area (TPSA) is 288 Å². The fraction of sp³-hybridized carbons (Fsp3) is 0.913. The second-order valence-electron chi connectivity index (χ2n) is 10.4. The van der Waals surface area contributed by atoms with Crippen molar-refractivity contribution in [2.75, 3.05) is 20.2 Å². The van der Waals surface area contributed by atoms with Crippen LogP contribution in [-0.2, 0) is 28.5 Å². The van der Waals surface area contributed by atoms with E-state index in [1.807, 2.05) is 0 Å². The lowest BCUT2D eigenvalue weighted by atomic mass is 9.84. The van der Waals surface area contributed by atoms with Gasteiger partial charge in [0.25, 0.3) is 0 Å². The van der Waals surface area contributed by atoms with Gasteiger partial charge in [0.2, 0.25) is 0 Å². The Morgan fingerprint density at radius 3 is 1.97 bits per heavy atom. The fourth-order valence-electron chi connectivity index (χ4n) is 4.91. The number of hydrogen-bond acceptors (Lipinski definition) is 14. The second kappa shape index (κ2) is 14.9. The highest BCUT2D eigenvalue weighted by atomic mass is 16.7. The normalized spacial score (nSPS) is 42.7. The third-order valence-electron chi connectivity index (χ3n) is 7.10. The van der Waals surface area contributed by atoms with Crippen molar-refractivity contribution < 1.29 is 54.1 Å². The first-order valence-electron chi connectivity index (χ1n) is 13.0. The standard InChI is InChI=1S/C19H39N5O7.C4H6O4/c1-19(27)7-28-18(13(26)16(19)24-2)31-15-11(23)5-10(22)14(12(15)25)30-17-9(21)4-3-8(6-20)29-17;5-3(6)1-2-4(7)8/h8-18,24-27H,3-7,20-23H2,1-2H3;1-2H2,(H,5,6)(H,7,8)/t8-,9+,10-,11+,12+,13-,14+,15-,16+,17-,18+,19-;/m0./s1. The number of carboxylic acids is 2. The predicted molar refractivity (Wildman–Crippen MR) is 135 cm³/mol. The highest BCUT2D eigenvalue weighted by Crippen LogP contribution is 2.31. The fourth-order valence-corrected chi connectivity index (χ4v) is 4.91. The van der Waals surface area contributed by atoms with Gasteiger partial charge in [-0.05, 0) is 33.2 Å². The minimum absolute atomic E-state index is 0.0665. The third kappa shape index (κ3) is 9.24. The summed E-state index contributed by atoms with van der Waals surface area (Å²) in [4.78, 5) is 19.3. The summed E-state index contributed by atoms with van der Waals surface area (Å²) in [5, 5.41) is 50.7. The molecule has 39 heavy (non-hydrogen) atoms. The lowest BCUT2D eigenvalue weighted by molar-refractivity contribution is -0.306. The quantitative estimate of drug-likeness (QED) is 0.127. The second-order valence-corrected chi connectivity index (χ2v) is 10.4. The predicted octanol–water partition coefficient (Wildman–Crippen LogP) is -4.04. The van der Waals surface area contributed by atoms with E-state index in [-0.39, 0.29) is 31.6 Å². The molecule has 0 amide bonds. The Balaban J connectivity index is 0.000000580. The summed E-state index contributed by atoms with van der Waals surface area (Å²) in [6, 6.07) is -2.26. The minimum Gasteiger partial charge on any atom is -0.481 e. The third-order valence-corrected chi connectivity index (χ3v) is 7.10. The van der Waals surface area contributed by atoms with E-state index in [1.54, 1.807) is 14.0 Å². The van der Waals surface area contributed by atoms with Crippen molar-refractivity contribution in [3.05, 3.63) is 0 Å². The average Bonchev–Trinajstić information content (AvgIpc) is 2.85. The number of rotatable bonds is 9. The summed E-state index contributed by atoms with van der Waals surface area (Å²) in [7, 11) is 1.62. The highest BCUT2D eigenvalue weighted by Gasteiger charge is 2.50. The largest absolute Gasteiger partial charge is 0.481 e. The lowest BCUT2D eigenvalue weighted by Crippen LogP contribution is -2.68. The van der Waals surface area contributed by atoms with Crippen molar-refractivity contribution in [2.24, 2.45) is 22.9 Å². The number of nitrogens with two attached hydrogens (primary N) is 4. The monoisotopic (exact) mass is 567 g/mol. The van der Waals surface area contributed by atoms with Crippen LogP contribution in [0.25, 0.3) is 0 Å². The SMILES string of the molecule is CN[C@@H]1[C@H](O)[C@@H](O[C@@H]2[C@H](O)[C@H](O[C@@H]3O[C@H](CN)CC[C@H]3N)[C@@H](N)C[C@H]2N)OC[C@]1(C)O.O=C(O)CCC(=O)O. The van der Waals surface area contributed by atoms with Crippen molar-refractivity contribution in [1.29, 1.82) is 0 Å². The van der Waals surface area contributed by atoms with Crippen molar-refractivity contribution >= 4 is 11.9 Å². The molecule has 1 aliphatic carbocycles. The molecule has 2 saturated heterocycles. The molecule has 0 radical (unpaired) electrons. The maximum absolute atomic E-state index is 11.0. The summed E-state index contributed by atoms with van der Waals surface area (Å²) in [6.45, 7) is 1.83. The number of nitrogens with one attached hydrogen (secondary N) is 1. The van der Waals surface area contributed by atoms with Crippen molar-refractivity contribution in [2.45, 2.75) is 112 Å². The van der Waals surface area contributed by atoms with E-state index in [0.29, 0.717) is 19.4 Å². The smallest absolute Gasteiger partial charge is 0.303 e. The maximum atomic E-state index is 11.0. The van der Waals surface area contributed by atoms with E-state index in [9.17, 15) is 24.9 Å². The summed E-state index contributed by atoms with van der Waals surface area (Å²) in [5.74, 6) is -2.15. The Hall–Kier alpha value is -1.54. The van der Waals surface area contributed by atoms with Gasteiger partial charge in [-0.2, -0.15) is 0 Å². The molecule has 0 bridgehead atoms. The number of aliphatic hydroxyl groups excluding tert-OH is 2. The van der Waals surface area contributed by atoms with Gasteiger partial charge in [0.05, 0.1) is 37.6 Å². The van der Waals surface area contributed by atoms with E-state index in [2.05, 4.69) is 5.32 Å². The summed E-state index contributed by atoms with van der Waals surface area (Å²) < 4.78 is 23.3. The molecule has 0 spiro atoms. The first kappa shape index (κ1) is 33.7. The highest BCUT2D eigenvalue weighted by molar-refractivity contribution is 5.75. The molecule has 1 saturated carbocycles. The zero-order valence-electron chi connectivity index (χ0n) is 22.3. The molecule has 3 fully saturated rings. The van der Waals surface area contributed by atoms with Crippen LogP contribution in [0.1, 0.15) is 39.0 Å². The molecule has 16 nitrogen and oxygen atoms in total. The number of ether oxygens (including phenoxy) is 4. The van der Waals surface area contributed by atoms with Crippen LogP contribution >= 0.6 is 0 Å². The molecule has 12 atom stereocenters. The van der Waals surface area contributed by atoms with Crippen molar-refractivity contribution in [1.82, 2.24) is 5.32 Å². The van der Waals surface area contributed by atoms with Crippen molar-refractivity contribution in [3.63, 3.8) is 0 Å². The van der Waals surface area contributed by atoms with Crippen LogP contribution in [0.2, 0.25) is 0 Å². The van der Waals surface area contributed by atoms with Crippen molar-refractivity contribution in [3.8, 4) is 0 Å². The van der Waals surface area contributed by atoms with Gasteiger partial charge in [0.15, 0.2) is 12.6 Å². The molecule has 2 heterocycles. The number of likely N-dealkylation sites (N-methyl/N-ethyl adjacent to an activating group) is 1. The van der Waals surface area contributed by atoms with Crippen LogP contribution in [0, 0.1) is 0 Å². The Labute approximate surface area is 226 Å². The molecule has 0 aromatic carbocycles. The molecule has 0 unspecified atom stereocenters. The van der Waals surface area contributed by atoms with Gasteiger partial charge in [0.1, 0.15) is 30.0 Å². The summed E-state index contributed by atoms with van der Waals surface area (Å²) in [5.41, 5.74) is 23.0. The number of carboxylic acid groups (broad SMARTS) is 2. The van der Waals surface area contributed by atoms with Gasteiger partial charge < -0.3 is 72.7 Å². The van der Waals surface area contributed by atoms with Crippen LogP contribution < -0.4 is 28.3 Å². The molecule has 0 aromatic heterocycles. The maximum Gasteiger partial charge on any atom is 0.303 e. The van der Waals surface area contributed by atoms with Crippen LogP contribution in [0.3, 0.4) is 0 Å². The molecule has 3 rings (SSSR count). The minimum atomic E-state index is -1.29. The first-order chi connectivity index (χ1) is 18.2. The van der Waals surface area contributed by atoms with Gasteiger partial charge in [0, 0.05) is 18.6 Å². The molecular formula is C23H45N5O11. The van der Waals surface area contributed by atoms with Gasteiger partial charge in [-0.1, -0.05) is 0 Å². The zero-order valence-corrected chi connectivity index (χ0v) is 22.3. The van der Waals surface area contributed by atoms with Gasteiger partial charge in [-0.15, -0.1) is 0 Å². The summed E-state index contributed by atoms with van der Waals surface area (Å²) in [6.07, 6.45) is -5.07. The van der Waals surface area contributed by atoms with E-state index in [0.717, 1.165) is 6.42 Å². The molecule has 14 N–H and O–H groups in total. The Bertz CT molecular complexity index is 780. The van der Waals surface area contributed by atoms with Crippen LogP contribution in [0.5, 0.6) is 0 Å². The molecule has 16 heteroatoms. The number of aliphatic hydroxyl groups is 3. The number of aliphatic carboxylic acids is 2. The van der Waals surface area contributed by atoms with E-state index >= 15 is 0 Å². The molecule has 228 valence electrons. The van der Waals surface area contributed by atoms with Gasteiger partial charge in [-0.3, -0.25) is 9.59 Å². The molecule has 3 aliphatic rings. The van der Waals surface area contributed by atoms with E-state index < -0.39 is 72.7 Å². The number of hydrogen-bond donors (Lipinski definition) is 10. The molecule has 0 aromatic rings. The molecule has 2 aliphatic heterocycles. The van der Waals surface area contributed by atoms with Gasteiger partial charge in [-0.25, -0.2) is 0 Å². The number of carbonyl (C=O) groups is 2. The van der Waals surface area contributed by atoms with Crippen LogP contribution in [0.4, 0.5) is 0 Å². The zero-order chi connectivity index (χ0) is 29.5. The Morgan fingerprint density at radius 2 is 1.49 bits per heavy atom. The first-order valence-corrected chi connectivity index (χ1v) is 13.0. The van der Waals surface area contributed by atoms with Gasteiger partial charge >= 0.3 is 11.9 Å². The Kier molecular flexibility index (Phi) is 12.9. The average molecular weight is 568 g/mol. The van der Waals surface area contributed by atoms with E-state index in [4.69, 9.17) is 52.1 Å².